The minimum atomic E-state index is -0.695. The zero-order chi connectivity index (χ0) is 26.1. The monoisotopic (exact) mass is 503 g/mol. The maximum absolute atomic E-state index is 13.6. The van der Waals surface area contributed by atoms with Crippen LogP contribution in [0.15, 0.2) is 60.4 Å². The lowest BCUT2D eigenvalue weighted by Crippen LogP contribution is -2.33. The minimum absolute atomic E-state index is 0.00926. The molecule has 3 heterocycles. The molecule has 0 unspecified atom stereocenters. The Morgan fingerprint density at radius 2 is 1.57 bits per heavy atom. The van der Waals surface area contributed by atoms with Crippen LogP contribution in [-0.2, 0) is 6.42 Å². The van der Waals surface area contributed by atoms with Crippen LogP contribution in [0.2, 0.25) is 0 Å². The number of carbonyl (C=O) groups excluding carboxylic acids is 1. The molecule has 4 aromatic rings. The first-order valence-electron chi connectivity index (χ1n) is 12.1. The van der Waals surface area contributed by atoms with E-state index in [0.717, 1.165) is 42.6 Å². The number of nitrogens with zero attached hydrogens (tertiary/aromatic N) is 4. The normalized spacial score (nSPS) is 14.3. The first-order chi connectivity index (χ1) is 17.8. The number of rotatable bonds is 6. The summed E-state index contributed by atoms with van der Waals surface area (Å²) in [7, 11) is 0. The van der Waals surface area contributed by atoms with Gasteiger partial charge in [-0.2, -0.15) is 0 Å². The lowest BCUT2D eigenvalue weighted by Gasteiger charge is -2.30. The predicted molar refractivity (Wildman–Crippen MR) is 136 cm³/mol. The number of hydrogen-bond acceptors (Lipinski definition) is 5. The molecule has 0 atom stereocenters. The lowest BCUT2D eigenvalue weighted by molar-refractivity contribution is 0.0997. The van der Waals surface area contributed by atoms with Crippen LogP contribution < -0.4 is 5.73 Å². The number of hydrogen-bond donors (Lipinski definition) is 2. The van der Waals surface area contributed by atoms with Crippen molar-refractivity contribution in [3.05, 3.63) is 100 Å². The summed E-state index contributed by atoms with van der Waals surface area (Å²) in [6, 6.07) is 12.8. The number of amides is 1. The van der Waals surface area contributed by atoms with Crippen molar-refractivity contribution in [2.24, 2.45) is 5.73 Å². The lowest BCUT2D eigenvalue weighted by atomic mass is 9.88. The van der Waals surface area contributed by atoms with Gasteiger partial charge in [0.1, 0.15) is 18.0 Å². The Hall–Kier alpha value is -4.11. The highest BCUT2D eigenvalue weighted by atomic mass is 19.1. The third-order valence-corrected chi connectivity index (χ3v) is 6.94. The fraction of sp³-hybridized carbons (Fsp3) is 0.250. The zero-order valence-electron chi connectivity index (χ0n) is 20.4. The van der Waals surface area contributed by atoms with Crippen molar-refractivity contribution in [3.63, 3.8) is 0 Å². The van der Waals surface area contributed by atoms with Crippen molar-refractivity contribution in [1.82, 2.24) is 19.3 Å². The molecule has 1 aliphatic rings. The van der Waals surface area contributed by atoms with Gasteiger partial charge in [0.05, 0.1) is 0 Å². The SMILES string of the molecule is Cc1nc2c(C(N)=O)ncn2c(O)c1CCN1CCC(=C(c2ccc(F)cc2)c2ccc(F)cc2)CC1. The second-order valence-electron chi connectivity index (χ2n) is 9.23. The molecule has 0 aliphatic carbocycles. The summed E-state index contributed by atoms with van der Waals surface area (Å²) in [6.45, 7) is 4.14. The molecule has 1 saturated heterocycles. The molecule has 7 nitrogen and oxygen atoms in total. The summed E-state index contributed by atoms with van der Waals surface area (Å²) < 4.78 is 28.6. The van der Waals surface area contributed by atoms with Crippen LogP contribution in [0.4, 0.5) is 8.78 Å². The van der Waals surface area contributed by atoms with Gasteiger partial charge in [0.15, 0.2) is 11.3 Å². The van der Waals surface area contributed by atoms with E-state index in [0.29, 0.717) is 24.2 Å². The van der Waals surface area contributed by atoms with E-state index in [4.69, 9.17) is 5.73 Å². The summed E-state index contributed by atoms with van der Waals surface area (Å²) in [5.74, 6) is -1.28. The summed E-state index contributed by atoms with van der Waals surface area (Å²) in [4.78, 5) is 22.3. The van der Waals surface area contributed by atoms with Crippen molar-refractivity contribution in [3.8, 4) is 5.88 Å². The fourth-order valence-corrected chi connectivity index (χ4v) is 4.98. The Kier molecular flexibility index (Phi) is 6.71. The van der Waals surface area contributed by atoms with Crippen LogP contribution in [0.3, 0.4) is 0 Å². The molecule has 2 aromatic carbocycles. The standard InChI is InChI=1S/C28H27F2N5O2/c1-17-23(28(37)35-16-32-25(26(31)36)27(35)33-17)12-15-34-13-10-20(11-14-34)24(18-2-6-21(29)7-3-18)19-4-8-22(30)9-5-19/h2-9,16,37H,10-15H2,1H3,(H2,31,36). The van der Waals surface area contributed by atoms with Crippen LogP contribution in [0.25, 0.3) is 11.2 Å². The summed E-state index contributed by atoms with van der Waals surface area (Å²) in [5, 5.41) is 10.8. The Morgan fingerprint density at radius 3 is 2.11 bits per heavy atom. The Balaban J connectivity index is 1.34. The molecule has 190 valence electrons. The number of aromatic nitrogens is 3. The largest absolute Gasteiger partial charge is 0.494 e. The molecule has 0 spiro atoms. The molecule has 3 N–H and O–H groups in total. The Bertz CT molecular complexity index is 1440. The van der Waals surface area contributed by atoms with E-state index in [1.54, 1.807) is 31.2 Å². The third-order valence-electron chi connectivity index (χ3n) is 6.94. The topological polar surface area (TPSA) is 96.8 Å². The molecule has 9 heteroatoms. The van der Waals surface area contributed by atoms with Crippen LogP contribution in [0.5, 0.6) is 5.88 Å². The van der Waals surface area contributed by atoms with E-state index in [-0.39, 0.29) is 28.9 Å². The molecule has 5 rings (SSSR count). The first-order valence-corrected chi connectivity index (χ1v) is 12.1. The molecule has 0 radical (unpaired) electrons. The number of aryl methyl sites for hydroxylation is 1. The molecule has 1 fully saturated rings. The minimum Gasteiger partial charge on any atom is -0.494 e. The quantitative estimate of drug-likeness (QED) is 0.410. The van der Waals surface area contributed by atoms with Crippen molar-refractivity contribution in [2.75, 3.05) is 19.6 Å². The Morgan fingerprint density at radius 1 is 1.00 bits per heavy atom. The van der Waals surface area contributed by atoms with E-state index >= 15 is 0 Å². The fourth-order valence-electron chi connectivity index (χ4n) is 4.98. The Labute approximate surface area is 212 Å². The van der Waals surface area contributed by atoms with Crippen LogP contribution >= 0.6 is 0 Å². The second kappa shape index (κ2) is 10.1. The number of carbonyl (C=O) groups is 1. The molecular formula is C28H27F2N5O2. The summed E-state index contributed by atoms with van der Waals surface area (Å²) in [5.41, 5.74) is 11.0. The molecule has 0 bridgehead atoms. The smallest absolute Gasteiger partial charge is 0.271 e. The van der Waals surface area contributed by atoms with Gasteiger partial charge >= 0.3 is 0 Å². The maximum atomic E-state index is 13.6. The van der Waals surface area contributed by atoms with E-state index in [1.165, 1.54) is 40.6 Å². The third kappa shape index (κ3) is 4.95. The number of fused-ring (bicyclic) bond motifs is 1. The van der Waals surface area contributed by atoms with Gasteiger partial charge in [0.25, 0.3) is 5.91 Å². The van der Waals surface area contributed by atoms with Crippen LogP contribution in [-0.4, -0.2) is 49.9 Å². The summed E-state index contributed by atoms with van der Waals surface area (Å²) in [6.07, 6.45) is 3.56. The molecule has 0 saturated carbocycles. The van der Waals surface area contributed by atoms with E-state index < -0.39 is 5.91 Å². The molecule has 1 amide bonds. The predicted octanol–water partition coefficient (Wildman–Crippen LogP) is 4.26. The van der Waals surface area contributed by atoms with Gasteiger partial charge in [-0.05, 0) is 67.2 Å². The first kappa shape index (κ1) is 24.6. The highest BCUT2D eigenvalue weighted by Crippen LogP contribution is 2.33. The van der Waals surface area contributed by atoms with Crippen LogP contribution in [0, 0.1) is 18.6 Å². The van der Waals surface area contributed by atoms with Gasteiger partial charge in [-0.15, -0.1) is 0 Å². The maximum Gasteiger partial charge on any atom is 0.271 e. The van der Waals surface area contributed by atoms with Gasteiger partial charge in [-0.25, -0.2) is 18.7 Å². The second-order valence-corrected chi connectivity index (χ2v) is 9.23. The number of primary amides is 1. The van der Waals surface area contributed by atoms with E-state index in [2.05, 4.69) is 14.9 Å². The van der Waals surface area contributed by atoms with Gasteiger partial charge in [0.2, 0.25) is 5.88 Å². The average molecular weight is 504 g/mol. The summed E-state index contributed by atoms with van der Waals surface area (Å²) >= 11 is 0. The number of imidazole rings is 1. The number of nitrogens with two attached hydrogens (primary N) is 1. The molecular weight excluding hydrogens is 476 g/mol. The van der Waals surface area contributed by atoms with Gasteiger partial charge in [-0.3, -0.25) is 9.20 Å². The van der Waals surface area contributed by atoms with E-state index in [1.807, 2.05) is 0 Å². The van der Waals surface area contributed by atoms with Gasteiger partial charge in [-0.1, -0.05) is 29.8 Å². The van der Waals surface area contributed by atoms with Gasteiger partial charge in [0, 0.05) is 30.9 Å². The zero-order valence-corrected chi connectivity index (χ0v) is 20.4. The number of piperidine rings is 1. The van der Waals surface area contributed by atoms with Gasteiger partial charge < -0.3 is 15.7 Å². The average Bonchev–Trinajstić information content (AvgIpc) is 3.31. The molecule has 2 aromatic heterocycles. The number of benzene rings is 2. The number of aromatic hydroxyl groups is 1. The number of likely N-dealkylation sites (tertiary alicyclic amines) is 1. The van der Waals surface area contributed by atoms with Crippen LogP contribution in [0.1, 0.15) is 45.7 Å². The molecule has 1 aliphatic heterocycles. The van der Waals surface area contributed by atoms with Crippen molar-refractivity contribution in [2.45, 2.75) is 26.2 Å². The number of halogens is 2. The van der Waals surface area contributed by atoms with Crippen molar-refractivity contribution < 1.29 is 18.7 Å². The van der Waals surface area contributed by atoms with Crippen molar-refractivity contribution in [1.29, 1.82) is 0 Å². The molecule has 37 heavy (non-hydrogen) atoms. The van der Waals surface area contributed by atoms with E-state index in [9.17, 15) is 18.7 Å². The highest BCUT2D eigenvalue weighted by Gasteiger charge is 2.22. The van der Waals surface area contributed by atoms with Crippen molar-refractivity contribution >= 4 is 17.1 Å². The highest BCUT2D eigenvalue weighted by molar-refractivity contribution is 5.96.